The molecule has 0 amide bonds. The predicted molar refractivity (Wildman–Crippen MR) is 97.1 cm³/mol. The van der Waals surface area contributed by atoms with Crippen molar-refractivity contribution in [3.8, 4) is 0 Å². The van der Waals surface area contributed by atoms with E-state index in [2.05, 4.69) is 6.92 Å². The average molecular weight is 344 g/mol. The van der Waals surface area contributed by atoms with E-state index in [1.54, 1.807) is 12.1 Å². The summed E-state index contributed by atoms with van der Waals surface area (Å²) in [5.41, 5.74) is 3.25. The Bertz CT molecular complexity index is 880. The summed E-state index contributed by atoms with van der Waals surface area (Å²) >= 11 is 5.91. The van der Waals surface area contributed by atoms with Crippen LogP contribution in [-0.2, 0) is 13.1 Å². The largest absolute Gasteiger partial charge is 0.387 e. The minimum Gasteiger partial charge on any atom is -0.387 e. The van der Waals surface area contributed by atoms with Crippen LogP contribution in [0.3, 0.4) is 0 Å². The fourth-order valence-corrected chi connectivity index (χ4v) is 3.11. The van der Waals surface area contributed by atoms with Gasteiger partial charge in [0.25, 0.3) is 0 Å². The van der Waals surface area contributed by atoms with E-state index in [4.69, 9.17) is 17.0 Å². The summed E-state index contributed by atoms with van der Waals surface area (Å²) in [6.45, 7) is 3.31. The standard InChI is InChI=1S/C19H22ClN3O/c1-2-3-12-22-16-6-4-5-7-17(16)23(19(22)21)13-18(24)14-8-10-15(20)11-9-14/h4-11,18,21,24H,2-3,12-13H2,1H3/t18-/m1/s1. The minimum atomic E-state index is -0.679. The number of halogens is 1. The van der Waals surface area contributed by atoms with Gasteiger partial charge >= 0.3 is 0 Å². The molecule has 0 aliphatic carbocycles. The monoisotopic (exact) mass is 343 g/mol. The summed E-state index contributed by atoms with van der Waals surface area (Å²) < 4.78 is 3.90. The molecule has 5 heteroatoms. The molecule has 0 unspecified atom stereocenters. The Balaban J connectivity index is 1.98. The molecule has 0 bridgehead atoms. The summed E-state index contributed by atoms with van der Waals surface area (Å²) in [4.78, 5) is 0. The van der Waals surface area contributed by atoms with Crippen molar-refractivity contribution in [2.24, 2.45) is 0 Å². The van der Waals surface area contributed by atoms with E-state index in [1.165, 1.54) is 0 Å². The molecule has 2 aromatic carbocycles. The number of unbranched alkanes of at least 4 members (excludes halogenated alkanes) is 1. The number of aromatic nitrogens is 2. The van der Waals surface area contributed by atoms with Crippen LogP contribution in [-0.4, -0.2) is 14.2 Å². The van der Waals surface area contributed by atoms with Crippen LogP contribution in [0.25, 0.3) is 11.0 Å². The summed E-state index contributed by atoms with van der Waals surface area (Å²) in [6.07, 6.45) is 1.44. The van der Waals surface area contributed by atoms with E-state index in [1.807, 2.05) is 45.5 Å². The zero-order valence-electron chi connectivity index (χ0n) is 13.7. The molecule has 3 rings (SSSR count). The highest BCUT2D eigenvalue weighted by molar-refractivity contribution is 6.30. The lowest BCUT2D eigenvalue weighted by Gasteiger charge is -2.13. The van der Waals surface area contributed by atoms with Crippen molar-refractivity contribution in [3.63, 3.8) is 0 Å². The lowest BCUT2D eigenvalue weighted by molar-refractivity contribution is 0.155. The van der Waals surface area contributed by atoms with Crippen LogP contribution in [0, 0.1) is 5.41 Å². The van der Waals surface area contributed by atoms with Crippen molar-refractivity contribution >= 4 is 22.6 Å². The van der Waals surface area contributed by atoms with E-state index < -0.39 is 6.10 Å². The van der Waals surface area contributed by atoms with Gasteiger partial charge in [0.2, 0.25) is 5.62 Å². The highest BCUT2D eigenvalue weighted by atomic mass is 35.5. The number of para-hydroxylation sites is 2. The first-order valence-corrected chi connectivity index (χ1v) is 8.65. The van der Waals surface area contributed by atoms with Gasteiger partial charge in [-0.15, -0.1) is 0 Å². The van der Waals surface area contributed by atoms with Crippen molar-refractivity contribution in [1.82, 2.24) is 9.13 Å². The van der Waals surface area contributed by atoms with Crippen LogP contribution in [0.5, 0.6) is 0 Å². The van der Waals surface area contributed by atoms with Crippen LogP contribution in [0.4, 0.5) is 0 Å². The van der Waals surface area contributed by atoms with Crippen molar-refractivity contribution in [1.29, 1.82) is 5.41 Å². The zero-order chi connectivity index (χ0) is 17.1. The lowest BCUT2D eigenvalue weighted by Crippen LogP contribution is -2.26. The minimum absolute atomic E-state index is 0.347. The summed E-state index contributed by atoms with van der Waals surface area (Å²) in [5, 5.41) is 19.8. The Kier molecular flexibility index (Phi) is 5.07. The summed E-state index contributed by atoms with van der Waals surface area (Å²) in [6, 6.07) is 15.2. The maximum absolute atomic E-state index is 10.6. The van der Waals surface area contributed by atoms with E-state index in [0.717, 1.165) is 36.0 Å². The molecule has 0 aliphatic rings. The third kappa shape index (κ3) is 3.25. The molecule has 0 saturated carbocycles. The Morgan fingerprint density at radius 2 is 1.67 bits per heavy atom. The highest BCUT2D eigenvalue weighted by Gasteiger charge is 2.14. The number of imidazole rings is 1. The van der Waals surface area contributed by atoms with E-state index in [-0.39, 0.29) is 0 Å². The Labute approximate surface area is 146 Å². The number of aliphatic hydroxyl groups is 1. The molecule has 3 aromatic rings. The molecule has 126 valence electrons. The van der Waals surface area contributed by atoms with Gasteiger partial charge in [0.15, 0.2) is 0 Å². The number of fused-ring (bicyclic) bond motifs is 1. The summed E-state index contributed by atoms with van der Waals surface area (Å²) in [7, 11) is 0. The molecular formula is C19H22ClN3O. The molecule has 4 nitrogen and oxygen atoms in total. The zero-order valence-corrected chi connectivity index (χ0v) is 14.5. The fourth-order valence-electron chi connectivity index (χ4n) is 2.99. The van der Waals surface area contributed by atoms with E-state index in [0.29, 0.717) is 17.2 Å². The SMILES string of the molecule is CCCCn1c(=N)n(C[C@@H](O)c2ccc(Cl)cc2)c2ccccc21. The van der Waals surface area contributed by atoms with Gasteiger partial charge in [0.05, 0.1) is 23.7 Å². The third-order valence-corrected chi connectivity index (χ3v) is 4.57. The van der Waals surface area contributed by atoms with Crippen LogP contribution in [0.15, 0.2) is 48.5 Å². The van der Waals surface area contributed by atoms with Gasteiger partial charge in [0, 0.05) is 11.6 Å². The van der Waals surface area contributed by atoms with Crippen LogP contribution >= 0.6 is 11.6 Å². The quantitative estimate of drug-likeness (QED) is 0.695. The van der Waals surface area contributed by atoms with E-state index >= 15 is 0 Å². The van der Waals surface area contributed by atoms with Gasteiger partial charge in [-0.2, -0.15) is 0 Å². The molecule has 24 heavy (non-hydrogen) atoms. The Hall–Kier alpha value is -2.04. The number of benzene rings is 2. The molecule has 0 fully saturated rings. The van der Waals surface area contributed by atoms with Gasteiger partial charge in [-0.3, -0.25) is 5.41 Å². The molecule has 0 aliphatic heterocycles. The normalized spacial score (nSPS) is 12.6. The predicted octanol–water partition coefficient (Wildman–Crippen LogP) is 4.11. The van der Waals surface area contributed by atoms with Crippen molar-refractivity contribution in [3.05, 3.63) is 64.7 Å². The second-order valence-electron chi connectivity index (χ2n) is 6.00. The second-order valence-corrected chi connectivity index (χ2v) is 6.43. The molecule has 2 N–H and O–H groups in total. The summed E-state index contributed by atoms with van der Waals surface area (Å²) in [5.74, 6) is 0. The number of hydrogen-bond donors (Lipinski definition) is 2. The number of hydrogen-bond acceptors (Lipinski definition) is 2. The number of aliphatic hydroxyl groups excluding tert-OH is 1. The van der Waals surface area contributed by atoms with Crippen molar-refractivity contribution in [2.45, 2.75) is 39.0 Å². The van der Waals surface area contributed by atoms with Crippen molar-refractivity contribution in [2.75, 3.05) is 0 Å². The molecule has 0 radical (unpaired) electrons. The third-order valence-electron chi connectivity index (χ3n) is 4.32. The van der Waals surface area contributed by atoms with Gasteiger partial charge in [0.1, 0.15) is 0 Å². The molecule has 0 spiro atoms. The first-order valence-electron chi connectivity index (χ1n) is 8.28. The maximum Gasteiger partial charge on any atom is 0.203 e. The van der Waals surface area contributed by atoms with Gasteiger partial charge in [-0.1, -0.05) is 49.2 Å². The Morgan fingerprint density at radius 3 is 2.29 bits per heavy atom. The number of aryl methyl sites for hydroxylation is 1. The lowest BCUT2D eigenvalue weighted by atomic mass is 10.1. The highest BCUT2D eigenvalue weighted by Crippen LogP contribution is 2.20. The first kappa shape index (κ1) is 16.8. The number of rotatable bonds is 6. The molecule has 1 atom stereocenters. The smallest absolute Gasteiger partial charge is 0.203 e. The van der Waals surface area contributed by atoms with Crippen molar-refractivity contribution < 1.29 is 5.11 Å². The topological polar surface area (TPSA) is 53.9 Å². The fraction of sp³-hybridized carbons (Fsp3) is 0.316. The van der Waals surface area contributed by atoms with Crippen LogP contribution in [0.2, 0.25) is 5.02 Å². The first-order chi connectivity index (χ1) is 11.6. The van der Waals surface area contributed by atoms with Crippen LogP contribution in [0.1, 0.15) is 31.4 Å². The average Bonchev–Trinajstić information content (AvgIpc) is 2.85. The molecule has 1 aromatic heterocycles. The maximum atomic E-state index is 10.6. The molecule has 1 heterocycles. The number of nitrogens with zero attached hydrogens (tertiary/aromatic N) is 2. The van der Waals surface area contributed by atoms with Crippen LogP contribution < -0.4 is 5.62 Å². The molecular weight excluding hydrogens is 322 g/mol. The van der Waals surface area contributed by atoms with Gasteiger partial charge in [-0.25, -0.2) is 0 Å². The van der Waals surface area contributed by atoms with E-state index in [9.17, 15) is 5.11 Å². The van der Waals surface area contributed by atoms with Gasteiger partial charge in [-0.05, 0) is 36.2 Å². The molecule has 0 saturated heterocycles. The second kappa shape index (κ2) is 7.24. The number of nitrogens with one attached hydrogen (secondary N) is 1. The van der Waals surface area contributed by atoms with Gasteiger partial charge < -0.3 is 14.2 Å². The Morgan fingerprint density at radius 1 is 1.04 bits per heavy atom.